The molecule has 2 radical (unpaired) electrons. The topological polar surface area (TPSA) is 32.3 Å². The molecule has 0 aromatic heterocycles. The van der Waals surface area contributed by atoms with Crippen LogP contribution in [0.15, 0.2) is 35.5 Å². The smallest absolute Gasteiger partial charge is 0.116 e. The summed E-state index contributed by atoms with van der Waals surface area (Å²) < 4.78 is 0. The van der Waals surface area contributed by atoms with Crippen LogP contribution in [-0.4, -0.2) is 27.7 Å². The fourth-order valence-corrected chi connectivity index (χ4v) is 3.86. The van der Waals surface area contributed by atoms with Crippen molar-refractivity contribution >= 4 is 14.7 Å². The molecule has 2 unspecified atom stereocenters. The van der Waals surface area contributed by atoms with Crippen molar-refractivity contribution in [1.29, 1.82) is 0 Å². The molecule has 0 saturated heterocycles. The SMILES string of the molecule is OC1c2ccccc2[Si]C2=CCNCC21. The van der Waals surface area contributed by atoms with Gasteiger partial charge in [0, 0.05) is 19.0 Å². The normalized spacial score (nSPS) is 29.0. The number of aliphatic hydroxyl groups excluding tert-OH is 1. The van der Waals surface area contributed by atoms with Crippen molar-refractivity contribution in [3.8, 4) is 0 Å². The maximum Gasteiger partial charge on any atom is 0.116 e. The van der Waals surface area contributed by atoms with Crippen LogP contribution in [-0.2, 0) is 0 Å². The summed E-state index contributed by atoms with van der Waals surface area (Å²) in [6.07, 6.45) is 1.92. The van der Waals surface area contributed by atoms with Gasteiger partial charge in [0.2, 0.25) is 0 Å². The molecule has 2 atom stereocenters. The first-order valence-corrected chi connectivity index (χ1v) is 6.31. The Bertz CT molecular complexity index is 416. The Balaban J connectivity index is 2.07. The van der Waals surface area contributed by atoms with Crippen molar-refractivity contribution in [2.24, 2.45) is 5.92 Å². The largest absolute Gasteiger partial charge is 0.388 e. The van der Waals surface area contributed by atoms with Gasteiger partial charge in [-0.3, -0.25) is 0 Å². The molecule has 1 aromatic rings. The Morgan fingerprint density at radius 3 is 3.13 bits per heavy atom. The molecule has 2 heterocycles. The summed E-state index contributed by atoms with van der Waals surface area (Å²) in [6.45, 7) is 1.86. The van der Waals surface area contributed by atoms with Crippen LogP contribution < -0.4 is 10.5 Å². The van der Waals surface area contributed by atoms with Crippen molar-refractivity contribution in [1.82, 2.24) is 5.32 Å². The number of nitrogens with one attached hydrogen (secondary N) is 1. The third-order valence-corrected chi connectivity index (χ3v) is 4.76. The van der Waals surface area contributed by atoms with Gasteiger partial charge in [-0.15, -0.1) is 0 Å². The van der Waals surface area contributed by atoms with Crippen LogP contribution in [0.3, 0.4) is 0 Å². The summed E-state index contributed by atoms with van der Waals surface area (Å²) in [5.74, 6) is 0.298. The average molecular weight is 215 g/mol. The van der Waals surface area contributed by atoms with Crippen LogP contribution in [0.4, 0.5) is 0 Å². The van der Waals surface area contributed by atoms with Gasteiger partial charge in [-0.25, -0.2) is 0 Å². The van der Waals surface area contributed by atoms with Crippen LogP contribution in [0.5, 0.6) is 0 Å². The first-order valence-electron chi connectivity index (χ1n) is 5.31. The summed E-state index contributed by atoms with van der Waals surface area (Å²) in [6, 6.07) is 8.26. The van der Waals surface area contributed by atoms with Crippen LogP contribution in [0.2, 0.25) is 0 Å². The minimum atomic E-state index is -0.318. The molecule has 76 valence electrons. The Kier molecular flexibility index (Phi) is 2.24. The van der Waals surface area contributed by atoms with Crippen LogP contribution in [0, 0.1) is 5.92 Å². The first-order chi connectivity index (χ1) is 7.36. The zero-order valence-electron chi connectivity index (χ0n) is 8.40. The second-order valence-electron chi connectivity index (χ2n) is 4.08. The maximum atomic E-state index is 10.3. The van der Waals surface area contributed by atoms with Crippen molar-refractivity contribution in [3.63, 3.8) is 0 Å². The van der Waals surface area contributed by atoms with Gasteiger partial charge in [-0.2, -0.15) is 0 Å². The highest BCUT2D eigenvalue weighted by Crippen LogP contribution is 2.31. The Labute approximate surface area is 91.8 Å². The molecule has 3 rings (SSSR count). The minimum Gasteiger partial charge on any atom is -0.388 e. The van der Waals surface area contributed by atoms with Gasteiger partial charge in [0.1, 0.15) is 9.52 Å². The Morgan fingerprint density at radius 2 is 2.20 bits per heavy atom. The third-order valence-electron chi connectivity index (χ3n) is 3.17. The Morgan fingerprint density at radius 1 is 1.33 bits per heavy atom. The molecule has 0 spiro atoms. The molecule has 3 heteroatoms. The lowest BCUT2D eigenvalue weighted by molar-refractivity contribution is 0.126. The molecular weight excluding hydrogens is 202 g/mol. The molecular formula is C12H13NOSi. The second-order valence-corrected chi connectivity index (χ2v) is 5.45. The van der Waals surface area contributed by atoms with Gasteiger partial charge in [0.15, 0.2) is 0 Å². The number of aliphatic hydroxyl groups is 1. The molecule has 0 amide bonds. The van der Waals surface area contributed by atoms with E-state index in [1.165, 1.54) is 10.4 Å². The maximum absolute atomic E-state index is 10.3. The van der Waals surface area contributed by atoms with E-state index in [0.29, 0.717) is 5.92 Å². The molecule has 0 aliphatic carbocycles. The molecule has 1 aromatic carbocycles. The molecule has 2 N–H and O–H groups in total. The second kappa shape index (κ2) is 3.59. The third kappa shape index (κ3) is 1.47. The zero-order valence-corrected chi connectivity index (χ0v) is 9.40. The summed E-state index contributed by atoms with van der Waals surface area (Å²) in [5.41, 5.74) is 1.13. The van der Waals surface area contributed by atoms with Gasteiger partial charge in [-0.05, 0) is 5.56 Å². The van der Waals surface area contributed by atoms with E-state index in [-0.39, 0.29) is 6.10 Å². The minimum absolute atomic E-state index is 0.298. The summed E-state index contributed by atoms with van der Waals surface area (Å²) in [5, 5.41) is 16.3. The van der Waals surface area contributed by atoms with Gasteiger partial charge in [0.25, 0.3) is 0 Å². The lowest BCUT2D eigenvalue weighted by atomic mass is 9.92. The van der Waals surface area contributed by atoms with E-state index in [1.807, 2.05) is 6.07 Å². The van der Waals surface area contributed by atoms with Crippen molar-refractivity contribution in [2.45, 2.75) is 6.10 Å². The molecule has 0 fully saturated rings. The van der Waals surface area contributed by atoms with Crippen LogP contribution in [0.25, 0.3) is 0 Å². The van der Waals surface area contributed by atoms with E-state index >= 15 is 0 Å². The quantitative estimate of drug-likeness (QED) is 0.605. The predicted octanol–water partition coefficient (Wildman–Crippen LogP) is 0.166. The van der Waals surface area contributed by atoms with Gasteiger partial charge in [-0.1, -0.05) is 40.7 Å². The highest BCUT2D eigenvalue weighted by atomic mass is 28.2. The number of hydrogen-bond acceptors (Lipinski definition) is 2. The highest BCUT2D eigenvalue weighted by molar-refractivity contribution is 6.62. The predicted molar refractivity (Wildman–Crippen MR) is 61.2 cm³/mol. The van der Waals surface area contributed by atoms with E-state index in [9.17, 15) is 5.11 Å². The molecule has 2 aliphatic rings. The molecule has 2 aliphatic heterocycles. The van der Waals surface area contributed by atoms with Crippen molar-refractivity contribution in [2.75, 3.05) is 13.1 Å². The van der Waals surface area contributed by atoms with E-state index < -0.39 is 0 Å². The Hall–Kier alpha value is -0.903. The number of fused-ring (bicyclic) bond motifs is 2. The molecule has 0 bridgehead atoms. The molecule has 2 nitrogen and oxygen atoms in total. The average Bonchev–Trinajstić information content (AvgIpc) is 2.30. The van der Waals surface area contributed by atoms with E-state index in [1.54, 1.807) is 0 Å². The molecule has 0 saturated carbocycles. The highest BCUT2D eigenvalue weighted by Gasteiger charge is 2.32. The number of benzene rings is 1. The lowest BCUT2D eigenvalue weighted by Crippen LogP contribution is -2.43. The van der Waals surface area contributed by atoms with Gasteiger partial charge >= 0.3 is 0 Å². The number of hydrogen-bond donors (Lipinski definition) is 2. The van der Waals surface area contributed by atoms with Crippen LogP contribution >= 0.6 is 0 Å². The zero-order chi connectivity index (χ0) is 10.3. The van der Waals surface area contributed by atoms with Gasteiger partial charge < -0.3 is 10.4 Å². The van der Waals surface area contributed by atoms with Gasteiger partial charge in [0.05, 0.1) is 6.10 Å². The summed E-state index contributed by atoms with van der Waals surface area (Å²) in [7, 11) is 0.749. The van der Waals surface area contributed by atoms with E-state index in [0.717, 1.165) is 28.2 Å². The first kappa shape index (κ1) is 9.33. The van der Waals surface area contributed by atoms with Crippen LogP contribution in [0.1, 0.15) is 11.7 Å². The van der Waals surface area contributed by atoms with E-state index in [4.69, 9.17) is 0 Å². The fraction of sp³-hybridized carbons (Fsp3) is 0.333. The van der Waals surface area contributed by atoms with Crippen molar-refractivity contribution < 1.29 is 5.11 Å². The summed E-state index contributed by atoms with van der Waals surface area (Å²) >= 11 is 0. The molecule has 15 heavy (non-hydrogen) atoms. The summed E-state index contributed by atoms with van der Waals surface area (Å²) in [4.78, 5) is 0. The van der Waals surface area contributed by atoms with Crippen molar-refractivity contribution in [3.05, 3.63) is 41.1 Å². The number of rotatable bonds is 0. The monoisotopic (exact) mass is 215 g/mol. The standard InChI is InChI=1S/C12H13NOSi/c14-12-8-3-1-2-4-10(8)15-11-5-6-13-7-9(11)12/h1-5,9,12-14H,6-7H2. The van der Waals surface area contributed by atoms with E-state index in [2.05, 4.69) is 29.6 Å². The lowest BCUT2D eigenvalue weighted by Gasteiger charge is -2.34. The fourth-order valence-electron chi connectivity index (χ4n) is 2.35.